The molecule has 1 aromatic carbocycles. The molecule has 0 atom stereocenters. The SMILES string of the molecule is CC1(C)C=Cc2c(Br)ccc(-c3coc(N)n3)c2O1. The van der Waals surface area contributed by atoms with E-state index in [1.54, 1.807) is 0 Å². The number of nitrogens with zero attached hydrogens (tertiary/aromatic N) is 1. The first-order valence-corrected chi connectivity index (χ1v) is 6.68. The molecule has 0 spiro atoms. The fraction of sp³-hybridized carbons (Fsp3) is 0.214. The van der Waals surface area contributed by atoms with E-state index in [2.05, 4.69) is 27.0 Å². The lowest BCUT2D eigenvalue weighted by atomic mass is 9.99. The number of nitrogens with two attached hydrogens (primary N) is 1. The molecule has 1 aliphatic heterocycles. The number of rotatable bonds is 1. The summed E-state index contributed by atoms with van der Waals surface area (Å²) in [5, 5.41) is 0. The molecular weight excluding hydrogens is 308 g/mol. The van der Waals surface area contributed by atoms with Gasteiger partial charge in [-0.3, -0.25) is 0 Å². The lowest BCUT2D eigenvalue weighted by molar-refractivity contribution is 0.159. The normalized spacial score (nSPS) is 15.9. The number of ether oxygens (including phenoxy) is 1. The molecule has 0 saturated heterocycles. The average Bonchev–Trinajstić information content (AvgIpc) is 2.75. The van der Waals surface area contributed by atoms with E-state index in [9.17, 15) is 0 Å². The number of hydrogen-bond acceptors (Lipinski definition) is 4. The van der Waals surface area contributed by atoms with Crippen molar-refractivity contribution in [2.45, 2.75) is 19.4 Å². The summed E-state index contributed by atoms with van der Waals surface area (Å²) in [5.74, 6) is 0.787. The molecule has 19 heavy (non-hydrogen) atoms. The van der Waals surface area contributed by atoms with Crippen molar-refractivity contribution in [1.29, 1.82) is 0 Å². The third-order valence-electron chi connectivity index (χ3n) is 2.96. The van der Waals surface area contributed by atoms with Crippen molar-refractivity contribution in [1.82, 2.24) is 4.98 Å². The van der Waals surface area contributed by atoms with Crippen LogP contribution < -0.4 is 10.5 Å². The van der Waals surface area contributed by atoms with E-state index in [1.807, 2.05) is 32.1 Å². The Morgan fingerprint density at radius 2 is 2.11 bits per heavy atom. The summed E-state index contributed by atoms with van der Waals surface area (Å²) < 4.78 is 12.1. The van der Waals surface area contributed by atoms with Gasteiger partial charge in [0, 0.05) is 15.6 Å². The zero-order valence-electron chi connectivity index (χ0n) is 10.6. The van der Waals surface area contributed by atoms with Gasteiger partial charge in [-0.25, -0.2) is 0 Å². The minimum atomic E-state index is -0.349. The van der Waals surface area contributed by atoms with Crippen LogP contribution in [0, 0.1) is 0 Å². The van der Waals surface area contributed by atoms with Gasteiger partial charge in [-0.15, -0.1) is 0 Å². The number of fused-ring (bicyclic) bond motifs is 1. The lowest BCUT2D eigenvalue weighted by Gasteiger charge is -2.29. The number of anilines is 1. The van der Waals surface area contributed by atoms with Gasteiger partial charge in [0.2, 0.25) is 0 Å². The fourth-order valence-corrected chi connectivity index (χ4v) is 2.48. The highest BCUT2D eigenvalue weighted by molar-refractivity contribution is 9.10. The summed E-state index contributed by atoms with van der Waals surface area (Å²) in [4.78, 5) is 4.16. The van der Waals surface area contributed by atoms with Crippen molar-refractivity contribution in [3.8, 4) is 17.0 Å². The zero-order valence-corrected chi connectivity index (χ0v) is 12.2. The van der Waals surface area contributed by atoms with E-state index in [4.69, 9.17) is 14.9 Å². The van der Waals surface area contributed by atoms with Crippen LogP contribution >= 0.6 is 15.9 Å². The molecule has 0 radical (unpaired) electrons. The molecule has 3 rings (SSSR count). The molecule has 2 N–H and O–H groups in total. The Labute approximate surface area is 119 Å². The molecule has 5 heteroatoms. The first kappa shape index (κ1) is 12.3. The van der Waals surface area contributed by atoms with Gasteiger partial charge in [-0.2, -0.15) is 4.98 Å². The number of hydrogen-bond donors (Lipinski definition) is 1. The monoisotopic (exact) mass is 320 g/mol. The molecule has 0 saturated carbocycles. The van der Waals surface area contributed by atoms with Crippen LogP contribution in [0.25, 0.3) is 17.3 Å². The Morgan fingerprint density at radius 1 is 1.32 bits per heavy atom. The Morgan fingerprint density at radius 3 is 2.79 bits per heavy atom. The molecule has 4 nitrogen and oxygen atoms in total. The second-order valence-corrected chi connectivity index (χ2v) is 5.80. The van der Waals surface area contributed by atoms with Crippen LogP contribution in [0.4, 0.5) is 6.01 Å². The Kier molecular flexibility index (Phi) is 2.67. The third-order valence-corrected chi connectivity index (χ3v) is 3.65. The molecule has 0 fully saturated rings. The summed E-state index contributed by atoms with van der Waals surface area (Å²) in [5.41, 5.74) is 7.73. The smallest absolute Gasteiger partial charge is 0.292 e. The quantitative estimate of drug-likeness (QED) is 0.866. The second kappa shape index (κ2) is 4.13. The molecule has 2 aromatic rings. The van der Waals surface area contributed by atoms with Crippen molar-refractivity contribution in [3.05, 3.63) is 34.5 Å². The van der Waals surface area contributed by atoms with Crippen molar-refractivity contribution in [2.24, 2.45) is 0 Å². The van der Waals surface area contributed by atoms with E-state index in [1.165, 1.54) is 6.26 Å². The molecule has 0 bridgehead atoms. The van der Waals surface area contributed by atoms with Crippen LogP contribution in [-0.4, -0.2) is 10.6 Å². The highest BCUT2D eigenvalue weighted by Crippen LogP contribution is 2.42. The maximum Gasteiger partial charge on any atom is 0.292 e. The van der Waals surface area contributed by atoms with Crippen molar-refractivity contribution >= 4 is 28.0 Å². The standard InChI is InChI=1S/C14H13BrN2O2/c1-14(2)6-5-8-10(15)4-3-9(12(8)19-14)11-7-18-13(16)17-11/h3-7H,1-2H3,(H2,16,17). The largest absolute Gasteiger partial charge is 0.482 e. The Balaban J connectivity index is 2.21. The molecule has 0 unspecified atom stereocenters. The second-order valence-electron chi connectivity index (χ2n) is 4.95. The van der Waals surface area contributed by atoms with Gasteiger partial charge < -0.3 is 14.9 Å². The predicted molar refractivity (Wildman–Crippen MR) is 77.8 cm³/mol. The molecule has 0 amide bonds. The minimum absolute atomic E-state index is 0.150. The van der Waals surface area contributed by atoms with Gasteiger partial charge in [-0.1, -0.05) is 22.0 Å². The summed E-state index contributed by atoms with van der Waals surface area (Å²) in [6.07, 6.45) is 5.62. The fourth-order valence-electron chi connectivity index (χ4n) is 2.03. The molecule has 1 aliphatic rings. The van der Waals surface area contributed by atoms with Gasteiger partial charge in [0.15, 0.2) is 0 Å². The highest BCUT2D eigenvalue weighted by Gasteiger charge is 2.26. The van der Waals surface area contributed by atoms with Gasteiger partial charge in [0.25, 0.3) is 6.01 Å². The third kappa shape index (κ3) is 2.14. The average molecular weight is 321 g/mol. The highest BCUT2D eigenvalue weighted by atomic mass is 79.9. The van der Waals surface area contributed by atoms with Crippen molar-refractivity contribution in [2.75, 3.05) is 5.73 Å². The summed E-state index contributed by atoms with van der Waals surface area (Å²) in [6.45, 7) is 4.02. The predicted octanol–water partition coefficient (Wildman–Crippen LogP) is 3.87. The Hall–Kier alpha value is -1.75. The number of oxazole rings is 1. The number of nitrogen functional groups attached to an aromatic ring is 1. The van der Waals surface area contributed by atoms with Crippen LogP contribution in [-0.2, 0) is 0 Å². The van der Waals surface area contributed by atoms with Crippen LogP contribution in [0.3, 0.4) is 0 Å². The molecular formula is C14H13BrN2O2. The van der Waals surface area contributed by atoms with Crippen LogP contribution in [0.2, 0.25) is 0 Å². The van der Waals surface area contributed by atoms with Crippen LogP contribution in [0.5, 0.6) is 5.75 Å². The van der Waals surface area contributed by atoms with Crippen LogP contribution in [0.1, 0.15) is 19.4 Å². The first-order valence-electron chi connectivity index (χ1n) is 5.88. The van der Waals surface area contributed by atoms with Crippen molar-refractivity contribution in [3.63, 3.8) is 0 Å². The summed E-state index contributed by atoms with van der Waals surface area (Å²) in [7, 11) is 0. The number of aromatic nitrogens is 1. The topological polar surface area (TPSA) is 61.3 Å². The van der Waals surface area contributed by atoms with E-state index >= 15 is 0 Å². The first-order chi connectivity index (χ1) is 8.96. The molecule has 0 aliphatic carbocycles. The van der Waals surface area contributed by atoms with E-state index in [0.29, 0.717) is 5.69 Å². The maximum atomic E-state index is 6.06. The summed E-state index contributed by atoms with van der Waals surface area (Å²) in [6, 6.07) is 4.05. The lowest BCUT2D eigenvalue weighted by Crippen LogP contribution is -2.28. The number of halogens is 1. The van der Waals surface area contributed by atoms with Crippen molar-refractivity contribution < 1.29 is 9.15 Å². The van der Waals surface area contributed by atoms with Gasteiger partial charge in [0.05, 0.1) is 0 Å². The van der Waals surface area contributed by atoms with E-state index < -0.39 is 0 Å². The van der Waals surface area contributed by atoms with Gasteiger partial charge in [0.1, 0.15) is 23.3 Å². The van der Waals surface area contributed by atoms with Crippen LogP contribution in [0.15, 0.2) is 33.4 Å². The summed E-state index contributed by atoms with van der Waals surface area (Å²) >= 11 is 3.53. The van der Waals surface area contributed by atoms with Gasteiger partial charge in [-0.05, 0) is 32.1 Å². The van der Waals surface area contributed by atoms with E-state index in [0.717, 1.165) is 21.3 Å². The Bertz CT molecular complexity index is 674. The number of benzene rings is 1. The maximum absolute atomic E-state index is 6.06. The minimum Gasteiger partial charge on any atom is -0.482 e. The molecule has 1 aromatic heterocycles. The molecule has 2 heterocycles. The zero-order chi connectivity index (χ0) is 13.6. The molecule has 98 valence electrons. The van der Waals surface area contributed by atoms with Gasteiger partial charge >= 0.3 is 0 Å². The van der Waals surface area contributed by atoms with E-state index in [-0.39, 0.29) is 11.6 Å².